The van der Waals surface area contributed by atoms with E-state index in [9.17, 15) is 13.2 Å². The number of hydrogen-bond donors (Lipinski definition) is 2. The van der Waals surface area contributed by atoms with Gasteiger partial charge in [-0.05, 0) is 42.7 Å². The van der Waals surface area contributed by atoms with Gasteiger partial charge in [0.05, 0.1) is 12.0 Å². The van der Waals surface area contributed by atoms with Crippen LogP contribution in [0.15, 0.2) is 11.4 Å². The van der Waals surface area contributed by atoms with E-state index in [1.54, 1.807) is 0 Å². The third kappa shape index (κ3) is 3.12. The maximum absolute atomic E-state index is 13.2. The summed E-state index contributed by atoms with van der Waals surface area (Å²) in [6, 6.07) is 1.53. The van der Waals surface area contributed by atoms with Crippen LogP contribution in [-0.4, -0.2) is 6.18 Å². The molecular weight excluding hydrogens is 273 g/mol. The maximum Gasteiger partial charge on any atom is 0.392 e. The quantitative estimate of drug-likeness (QED) is 0.654. The van der Waals surface area contributed by atoms with Gasteiger partial charge < -0.3 is 0 Å². The van der Waals surface area contributed by atoms with E-state index >= 15 is 0 Å². The van der Waals surface area contributed by atoms with Crippen molar-refractivity contribution >= 4 is 11.3 Å². The van der Waals surface area contributed by atoms with Crippen LogP contribution in [0.25, 0.3) is 0 Å². The number of thiophene rings is 1. The number of nitrogens with one attached hydrogen (secondary N) is 1. The van der Waals surface area contributed by atoms with Gasteiger partial charge in [0, 0.05) is 4.88 Å². The van der Waals surface area contributed by atoms with Gasteiger partial charge in [0.2, 0.25) is 0 Å². The lowest BCUT2D eigenvalue weighted by Gasteiger charge is -2.37. The highest BCUT2D eigenvalue weighted by molar-refractivity contribution is 7.10. The monoisotopic (exact) mass is 292 g/mol. The first kappa shape index (κ1) is 14.8. The van der Waals surface area contributed by atoms with Gasteiger partial charge in [-0.1, -0.05) is 12.8 Å². The third-order valence-electron chi connectivity index (χ3n) is 4.03. The van der Waals surface area contributed by atoms with E-state index in [4.69, 9.17) is 5.84 Å². The number of rotatable bonds is 3. The van der Waals surface area contributed by atoms with Gasteiger partial charge in [-0.25, -0.2) is 0 Å². The highest BCUT2D eigenvalue weighted by Gasteiger charge is 2.48. The minimum absolute atomic E-state index is 0.219. The largest absolute Gasteiger partial charge is 0.392 e. The first-order valence-electron chi connectivity index (χ1n) is 6.52. The Hall–Kier alpha value is -0.590. The van der Waals surface area contributed by atoms with Crippen molar-refractivity contribution in [1.82, 2.24) is 5.43 Å². The zero-order valence-corrected chi connectivity index (χ0v) is 11.7. The van der Waals surface area contributed by atoms with E-state index in [1.807, 2.05) is 18.4 Å². The molecule has 3 atom stereocenters. The average molecular weight is 292 g/mol. The number of hydrazine groups is 1. The van der Waals surface area contributed by atoms with Crippen LogP contribution in [-0.2, 0) is 0 Å². The van der Waals surface area contributed by atoms with Crippen molar-refractivity contribution in [2.24, 2.45) is 17.7 Å². The lowest BCUT2D eigenvalue weighted by molar-refractivity contribution is -0.199. The normalized spacial score (nSPS) is 26.4. The summed E-state index contributed by atoms with van der Waals surface area (Å²) in [7, 11) is 0. The molecule has 3 N–H and O–H groups in total. The number of alkyl halides is 3. The fraction of sp³-hybridized carbons (Fsp3) is 0.692. The van der Waals surface area contributed by atoms with E-state index in [-0.39, 0.29) is 6.42 Å². The van der Waals surface area contributed by atoms with E-state index < -0.39 is 24.1 Å². The zero-order chi connectivity index (χ0) is 14.0. The molecule has 0 bridgehead atoms. The number of aryl methyl sites for hydroxylation is 1. The molecule has 1 heterocycles. The summed E-state index contributed by atoms with van der Waals surface area (Å²) >= 11 is 1.48. The van der Waals surface area contributed by atoms with Gasteiger partial charge in [0.25, 0.3) is 0 Å². The second kappa shape index (κ2) is 5.81. The SMILES string of the molecule is Cc1ccsc1C(NN)C1CCCCC1C(F)(F)F. The molecule has 1 fully saturated rings. The van der Waals surface area contributed by atoms with Crippen LogP contribution in [0.2, 0.25) is 0 Å². The summed E-state index contributed by atoms with van der Waals surface area (Å²) in [5, 5.41) is 1.90. The Morgan fingerprint density at radius 1 is 1.37 bits per heavy atom. The molecule has 1 aromatic heterocycles. The van der Waals surface area contributed by atoms with Gasteiger partial charge in [-0.2, -0.15) is 13.2 Å². The highest BCUT2D eigenvalue weighted by atomic mass is 32.1. The zero-order valence-electron chi connectivity index (χ0n) is 10.8. The smallest absolute Gasteiger partial charge is 0.271 e. The van der Waals surface area contributed by atoms with E-state index in [1.165, 1.54) is 11.3 Å². The van der Waals surface area contributed by atoms with Crippen molar-refractivity contribution in [3.8, 4) is 0 Å². The van der Waals surface area contributed by atoms with Gasteiger partial charge in [0.1, 0.15) is 0 Å². The maximum atomic E-state index is 13.2. The van der Waals surface area contributed by atoms with Crippen molar-refractivity contribution in [3.63, 3.8) is 0 Å². The average Bonchev–Trinajstić information content (AvgIpc) is 2.76. The first-order valence-corrected chi connectivity index (χ1v) is 7.40. The molecule has 1 saturated carbocycles. The molecule has 1 aliphatic rings. The minimum Gasteiger partial charge on any atom is -0.271 e. The number of halogens is 3. The topological polar surface area (TPSA) is 38.0 Å². The third-order valence-corrected chi connectivity index (χ3v) is 5.13. The molecule has 108 valence electrons. The van der Waals surface area contributed by atoms with Gasteiger partial charge in [0.15, 0.2) is 0 Å². The summed E-state index contributed by atoms with van der Waals surface area (Å²) in [5.41, 5.74) is 3.64. The van der Waals surface area contributed by atoms with Crippen molar-refractivity contribution in [3.05, 3.63) is 21.9 Å². The van der Waals surface area contributed by atoms with Crippen LogP contribution in [0.5, 0.6) is 0 Å². The summed E-state index contributed by atoms with van der Waals surface area (Å²) in [5.74, 6) is 3.85. The van der Waals surface area contributed by atoms with Gasteiger partial charge in [-0.3, -0.25) is 11.3 Å². The van der Waals surface area contributed by atoms with E-state index in [2.05, 4.69) is 5.43 Å². The fourth-order valence-electron chi connectivity index (χ4n) is 3.06. The Labute approximate surface area is 115 Å². The Morgan fingerprint density at radius 2 is 2.05 bits per heavy atom. The fourth-order valence-corrected chi connectivity index (χ4v) is 4.12. The van der Waals surface area contributed by atoms with Crippen molar-refractivity contribution < 1.29 is 13.2 Å². The molecular formula is C13H19F3N2S. The molecule has 0 aromatic carbocycles. The van der Waals surface area contributed by atoms with Crippen molar-refractivity contribution in [1.29, 1.82) is 0 Å². The standard InChI is InChI=1S/C13H19F3N2S/c1-8-6-7-19-12(8)11(18-17)9-4-2-3-5-10(9)13(14,15)16/h6-7,9-11,18H,2-5,17H2,1H3. The molecule has 0 amide bonds. The molecule has 1 aromatic rings. The van der Waals surface area contributed by atoms with Gasteiger partial charge >= 0.3 is 6.18 Å². The van der Waals surface area contributed by atoms with Crippen LogP contribution in [0.4, 0.5) is 13.2 Å². The van der Waals surface area contributed by atoms with Crippen LogP contribution in [0.3, 0.4) is 0 Å². The predicted octanol–water partition coefficient (Wildman–Crippen LogP) is 3.93. The predicted molar refractivity (Wildman–Crippen MR) is 70.6 cm³/mol. The Bertz CT molecular complexity index is 416. The van der Waals surface area contributed by atoms with E-state index in [0.717, 1.165) is 16.9 Å². The minimum atomic E-state index is -4.13. The van der Waals surface area contributed by atoms with E-state index in [0.29, 0.717) is 12.8 Å². The first-order chi connectivity index (χ1) is 8.95. The molecule has 2 nitrogen and oxygen atoms in total. The molecule has 2 rings (SSSR count). The molecule has 3 unspecified atom stereocenters. The summed E-state index contributed by atoms with van der Waals surface area (Å²) in [6.45, 7) is 1.92. The Kier molecular flexibility index (Phi) is 4.53. The van der Waals surface area contributed by atoms with Gasteiger partial charge in [-0.15, -0.1) is 11.3 Å². The summed E-state index contributed by atoms with van der Waals surface area (Å²) in [6.07, 6.45) is -1.83. The molecule has 0 radical (unpaired) electrons. The van der Waals surface area contributed by atoms with Crippen LogP contribution < -0.4 is 11.3 Å². The van der Waals surface area contributed by atoms with Crippen LogP contribution >= 0.6 is 11.3 Å². The number of hydrogen-bond acceptors (Lipinski definition) is 3. The lowest BCUT2D eigenvalue weighted by Crippen LogP contribution is -2.42. The molecule has 1 aliphatic carbocycles. The number of nitrogens with two attached hydrogens (primary N) is 1. The molecule has 19 heavy (non-hydrogen) atoms. The van der Waals surface area contributed by atoms with Crippen molar-refractivity contribution in [2.75, 3.05) is 0 Å². The highest BCUT2D eigenvalue weighted by Crippen LogP contribution is 2.47. The second-order valence-corrected chi connectivity index (χ2v) is 6.16. The molecule has 0 saturated heterocycles. The Balaban J connectivity index is 2.27. The Morgan fingerprint density at radius 3 is 2.58 bits per heavy atom. The van der Waals surface area contributed by atoms with Crippen LogP contribution in [0.1, 0.15) is 42.2 Å². The van der Waals surface area contributed by atoms with Crippen LogP contribution in [0, 0.1) is 18.8 Å². The van der Waals surface area contributed by atoms with Crippen molar-refractivity contribution in [2.45, 2.75) is 44.8 Å². The second-order valence-electron chi connectivity index (χ2n) is 5.21. The molecule has 6 heteroatoms. The molecule has 0 aliphatic heterocycles. The summed E-state index contributed by atoms with van der Waals surface area (Å²) in [4.78, 5) is 0.934. The summed E-state index contributed by atoms with van der Waals surface area (Å²) < 4.78 is 39.5. The molecule has 0 spiro atoms. The lowest BCUT2D eigenvalue weighted by atomic mass is 9.74.